The molecule has 0 radical (unpaired) electrons. The summed E-state index contributed by atoms with van der Waals surface area (Å²) in [5.41, 5.74) is 1.60. The second-order valence-electron chi connectivity index (χ2n) is 7.75. The van der Waals surface area contributed by atoms with Gasteiger partial charge in [0.15, 0.2) is 5.96 Å². The summed E-state index contributed by atoms with van der Waals surface area (Å²) in [6, 6.07) is 5.21. The van der Waals surface area contributed by atoms with Crippen LogP contribution in [0.1, 0.15) is 44.6 Å². The number of aromatic nitrogens is 2. The number of nitrogens with zero attached hydrogens (tertiary/aromatic N) is 3. The first-order chi connectivity index (χ1) is 14.2. The molecule has 1 aromatic heterocycles. The maximum absolute atomic E-state index is 14.5. The molecule has 1 heterocycles. The van der Waals surface area contributed by atoms with Crippen LogP contribution >= 0.6 is 0 Å². The predicted octanol–water partition coefficient (Wildman–Crippen LogP) is 3.66. The van der Waals surface area contributed by atoms with Crippen LogP contribution in [0.3, 0.4) is 0 Å². The summed E-state index contributed by atoms with van der Waals surface area (Å²) in [5, 5.41) is 6.81. The Balaban J connectivity index is 1.63. The number of benzene rings is 1. The molecule has 158 valence electrons. The van der Waals surface area contributed by atoms with Crippen molar-refractivity contribution in [3.63, 3.8) is 0 Å². The van der Waals surface area contributed by atoms with Crippen LogP contribution < -0.4 is 10.6 Å². The lowest BCUT2D eigenvalue weighted by Gasteiger charge is -2.30. The number of nitrogens with one attached hydrogen (secondary N) is 2. The van der Waals surface area contributed by atoms with Crippen LogP contribution in [0.5, 0.6) is 0 Å². The Hall–Kier alpha value is -2.41. The highest BCUT2D eigenvalue weighted by atomic mass is 19.1. The third-order valence-electron chi connectivity index (χ3n) is 5.69. The minimum absolute atomic E-state index is 0.280. The van der Waals surface area contributed by atoms with E-state index in [-0.39, 0.29) is 11.2 Å². The first-order valence-electron chi connectivity index (χ1n) is 10.4. The van der Waals surface area contributed by atoms with Gasteiger partial charge in [-0.05, 0) is 49.3 Å². The van der Waals surface area contributed by atoms with Crippen LogP contribution in [0.25, 0.3) is 5.69 Å². The molecule has 0 atom stereocenters. The van der Waals surface area contributed by atoms with Crippen molar-refractivity contribution >= 4 is 5.96 Å². The average molecular weight is 402 g/mol. The number of halogens is 1. The van der Waals surface area contributed by atoms with Crippen molar-refractivity contribution in [3.8, 4) is 5.69 Å². The smallest absolute Gasteiger partial charge is 0.191 e. The Kier molecular flexibility index (Phi) is 7.63. The molecule has 2 N–H and O–H groups in total. The van der Waals surface area contributed by atoms with E-state index >= 15 is 0 Å². The molecule has 1 saturated carbocycles. The van der Waals surface area contributed by atoms with Gasteiger partial charge < -0.3 is 19.9 Å². The van der Waals surface area contributed by atoms with Gasteiger partial charge in [0.05, 0.1) is 18.6 Å². The lowest BCUT2D eigenvalue weighted by atomic mass is 9.83. The third-order valence-corrected chi connectivity index (χ3v) is 5.69. The van der Waals surface area contributed by atoms with Gasteiger partial charge >= 0.3 is 0 Å². The molecule has 0 aliphatic heterocycles. The lowest BCUT2D eigenvalue weighted by molar-refractivity contribution is 0.138. The molecule has 7 heteroatoms. The molecular formula is C22H32FN5O. The molecule has 3 rings (SSSR count). The molecular weight excluding hydrogens is 369 g/mol. The van der Waals surface area contributed by atoms with E-state index in [1.165, 1.54) is 25.7 Å². The van der Waals surface area contributed by atoms with E-state index in [2.05, 4.69) is 20.6 Å². The highest BCUT2D eigenvalue weighted by Crippen LogP contribution is 2.40. The number of rotatable bonds is 9. The predicted molar refractivity (Wildman–Crippen MR) is 114 cm³/mol. The number of aliphatic imine (C=N–C) groups is 1. The van der Waals surface area contributed by atoms with E-state index in [1.807, 2.05) is 13.0 Å². The van der Waals surface area contributed by atoms with Crippen LogP contribution in [0.15, 0.2) is 41.9 Å². The fourth-order valence-electron chi connectivity index (χ4n) is 4.00. The number of methoxy groups -OCH3 is 1. The summed E-state index contributed by atoms with van der Waals surface area (Å²) in [4.78, 5) is 8.64. The maximum Gasteiger partial charge on any atom is 0.191 e. The molecule has 0 bridgehead atoms. The normalized spacial score (nSPS) is 16.2. The summed E-state index contributed by atoms with van der Waals surface area (Å²) in [5.74, 6) is 0.494. The van der Waals surface area contributed by atoms with Crippen molar-refractivity contribution in [2.24, 2.45) is 10.4 Å². The molecule has 2 aromatic rings. The zero-order chi connectivity index (χ0) is 20.5. The van der Waals surface area contributed by atoms with E-state index in [0.29, 0.717) is 12.2 Å². The first kappa shape index (κ1) is 21.3. The highest BCUT2D eigenvalue weighted by molar-refractivity contribution is 5.79. The quantitative estimate of drug-likeness (QED) is 0.497. The van der Waals surface area contributed by atoms with Crippen molar-refractivity contribution in [1.82, 2.24) is 20.2 Å². The minimum atomic E-state index is -0.280. The zero-order valence-corrected chi connectivity index (χ0v) is 17.5. The topological polar surface area (TPSA) is 63.5 Å². The van der Waals surface area contributed by atoms with E-state index in [1.54, 1.807) is 42.5 Å². The molecule has 1 fully saturated rings. The second kappa shape index (κ2) is 10.4. The molecule has 0 amide bonds. The Morgan fingerprint density at radius 2 is 2.14 bits per heavy atom. The van der Waals surface area contributed by atoms with Gasteiger partial charge in [0.2, 0.25) is 0 Å². The second-order valence-corrected chi connectivity index (χ2v) is 7.75. The number of imidazole rings is 1. The number of guanidine groups is 1. The van der Waals surface area contributed by atoms with Crippen LogP contribution in [-0.2, 0) is 11.3 Å². The summed E-state index contributed by atoms with van der Waals surface area (Å²) < 4.78 is 21.4. The molecule has 1 aliphatic rings. The van der Waals surface area contributed by atoms with Crippen LogP contribution in [0.4, 0.5) is 4.39 Å². The SMILES string of the molecule is CCNC(=NCc1ccc(-n2ccnc2)c(F)c1)NCC1(CCOC)CCCC1. The Morgan fingerprint density at radius 3 is 2.79 bits per heavy atom. The van der Waals surface area contributed by atoms with Gasteiger partial charge in [0.25, 0.3) is 0 Å². The summed E-state index contributed by atoms with van der Waals surface area (Å²) in [6.07, 6.45) is 11.0. The molecule has 0 saturated heterocycles. The maximum atomic E-state index is 14.5. The third kappa shape index (κ3) is 5.79. The summed E-state index contributed by atoms with van der Waals surface area (Å²) in [7, 11) is 1.76. The van der Waals surface area contributed by atoms with Crippen molar-refractivity contribution in [1.29, 1.82) is 0 Å². The Labute approximate surface area is 172 Å². The molecule has 29 heavy (non-hydrogen) atoms. The van der Waals surface area contributed by atoms with Gasteiger partial charge in [-0.15, -0.1) is 0 Å². The molecule has 1 aliphatic carbocycles. The van der Waals surface area contributed by atoms with Gasteiger partial charge in [0, 0.05) is 39.2 Å². The fourth-order valence-corrected chi connectivity index (χ4v) is 4.00. The summed E-state index contributed by atoms with van der Waals surface area (Å²) >= 11 is 0. The molecule has 0 spiro atoms. The van der Waals surface area contributed by atoms with Crippen LogP contribution in [-0.4, -0.2) is 42.3 Å². The van der Waals surface area contributed by atoms with Gasteiger partial charge in [-0.3, -0.25) is 0 Å². The van der Waals surface area contributed by atoms with Crippen molar-refractivity contribution in [3.05, 3.63) is 48.3 Å². The van der Waals surface area contributed by atoms with Crippen molar-refractivity contribution in [2.45, 2.75) is 45.6 Å². The minimum Gasteiger partial charge on any atom is -0.385 e. The monoisotopic (exact) mass is 401 g/mol. The van der Waals surface area contributed by atoms with Crippen molar-refractivity contribution in [2.75, 3.05) is 26.8 Å². The summed E-state index contributed by atoms with van der Waals surface area (Å²) in [6.45, 7) is 4.92. The number of hydrogen-bond acceptors (Lipinski definition) is 3. The van der Waals surface area contributed by atoms with Crippen molar-refractivity contribution < 1.29 is 9.13 Å². The van der Waals surface area contributed by atoms with E-state index in [9.17, 15) is 4.39 Å². The van der Waals surface area contributed by atoms with E-state index < -0.39 is 0 Å². The molecule has 0 unspecified atom stereocenters. The Bertz CT molecular complexity index is 785. The van der Waals surface area contributed by atoms with E-state index in [4.69, 9.17) is 4.74 Å². The lowest BCUT2D eigenvalue weighted by Crippen LogP contribution is -2.43. The standard InChI is InChI=1S/C22H32FN5O/c1-3-25-21(27-16-22(10-13-29-2)8-4-5-9-22)26-15-18-6-7-20(19(23)14-18)28-12-11-24-17-28/h6-7,11-12,14,17H,3-5,8-10,13,15-16H2,1-2H3,(H2,25,26,27). The van der Waals surface area contributed by atoms with Gasteiger partial charge in [0.1, 0.15) is 5.82 Å². The van der Waals surface area contributed by atoms with Gasteiger partial charge in [-0.1, -0.05) is 18.9 Å². The van der Waals surface area contributed by atoms with Gasteiger partial charge in [-0.25, -0.2) is 14.4 Å². The van der Waals surface area contributed by atoms with Gasteiger partial charge in [-0.2, -0.15) is 0 Å². The largest absolute Gasteiger partial charge is 0.385 e. The number of hydrogen-bond donors (Lipinski definition) is 2. The highest BCUT2D eigenvalue weighted by Gasteiger charge is 2.33. The fraction of sp³-hybridized carbons (Fsp3) is 0.545. The van der Waals surface area contributed by atoms with Crippen LogP contribution in [0.2, 0.25) is 0 Å². The molecule has 6 nitrogen and oxygen atoms in total. The Morgan fingerprint density at radius 1 is 1.31 bits per heavy atom. The number of ether oxygens (including phenoxy) is 1. The van der Waals surface area contributed by atoms with E-state index in [0.717, 1.165) is 37.6 Å². The first-order valence-corrected chi connectivity index (χ1v) is 10.4. The zero-order valence-electron chi connectivity index (χ0n) is 17.5. The molecule has 1 aromatic carbocycles. The van der Waals surface area contributed by atoms with Crippen LogP contribution in [0, 0.1) is 11.2 Å². The average Bonchev–Trinajstić information content (AvgIpc) is 3.41.